The molecule has 0 atom stereocenters. The second-order valence-electron chi connectivity index (χ2n) is 2.79. The maximum Gasteiger partial charge on any atom is 0.0323 e. The highest BCUT2D eigenvalue weighted by atomic mass is 32.1. The topological polar surface area (TPSA) is 12.9 Å². The first-order chi connectivity index (χ1) is 4.61. The van der Waals surface area contributed by atoms with E-state index < -0.39 is 0 Å². The van der Waals surface area contributed by atoms with Gasteiger partial charge in [0.05, 0.1) is 0 Å². The van der Waals surface area contributed by atoms with Gasteiger partial charge in [0.1, 0.15) is 0 Å². The number of thiol groups is 1. The lowest BCUT2D eigenvalue weighted by Gasteiger charge is -2.16. The Balaban J connectivity index is 2.97. The van der Waals surface area contributed by atoms with Gasteiger partial charge in [-0.1, -0.05) is 0 Å². The van der Waals surface area contributed by atoms with Crippen LogP contribution in [0.1, 0.15) is 19.4 Å². The number of hydrogen-bond acceptors (Lipinski definition) is 2. The fraction of sp³-hybridized carbons (Fsp3) is 0.375. The molecule has 0 amide bonds. The normalized spacial score (nSPS) is 11.5. The zero-order valence-electron chi connectivity index (χ0n) is 6.20. The van der Waals surface area contributed by atoms with E-state index in [0.717, 1.165) is 0 Å². The molecule has 54 valence electrons. The monoisotopic (exact) mass is 153 g/mol. The van der Waals surface area contributed by atoms with Gasteiger partial charge in [-0.3, -0.25) is 4.98 Å². The van der Waals surface area contributed by atoms with E-state index in [-0.39, 0.29) is 4.75 Å². The summed E-state index contributed by atoms with van der Waals surface area (Å²) < 4.78 is -0.0526. The summed E-state index contributed by atoms with van der Waals surface area (Å²) in [7, 11) is 0. The van der Waals surface area contributed by atoms with Gasteiger partial charge >= 0.3 is 0 Å². The van der Waals surface area contributed by atoms with Crippen LogP contribution in [0.2, 0.25) is 0 Å². The van der Waals surface area contributed by atoms with E-state index in [9.17, 15) is 0 Å². The molecular formula is C8H11NS. The number of rotatable bonds is 1. The highest BCUT2D eigenvalue weighted by Crippen LogP contribution is 2.25. The van der Waals surface area contributed by atoms with Crippen molar-refractivity contribution in [2.75, 3.05) is 0 Å². The zero-order chi connectivity index (χ0) is 7.61. The molecule has 1 rings (SSSR count). The maximum absolute atomic E-state index is 4.42. The minimum atomic E-state index is -0.0526. The van der Waals surface area contributed by atoms with Crippen molar-refractivity contribution in [3.63, 3.8) is 0 Å². The molecular weight excluding hydrogens is 142 g/mol. The van der Waals surface area contributed by atoms with Gasteiger partial charge < -0.3 is 0 Å². The van der Waals surface area contributed by atoms with Gasteiger partial charge in [-0.15, -0.1) is 0 Å². The molecule has 0 aliphatic heterocycles. The molecule has 0 aliphatic carbocycles. The van der Waals surface area contributed by atoms with E-state index in [4.69, 9.17) is 0 Å². The smallest absolute Gasteiger partial charge is 0.0323 e. The van der Waals surface area contributed by atoms with E-state index >= 15 is 0 Å². The summed E-state index contributed by atoms with van der Waals surface area (Å²) in [4.78, 5) is 3.92. The van der Waals surface area contributed by atoms with Gasteiger partial charge in [-0.25, -0.2) is 0 Å². The standard InChI is InChI=1S/C8H11NS/c1-8(2,10)7-3-5-9-6-4-7/h3-6,10H,1-2H3. The minimum Gasteiger partial charge on any atom is -0.265 e. The lowest BCUT2D eigenvalue weighted by atomic mass is 10.0. The minimum absolute atomic E-state index is 0.0526. The van der Waals surface area contributed by atoms with Crippen molar-refractivity contribution < 1.29 is 0 Å². The van der Waals surface area contributed by atoms with E-state index in [0.29, 0.717) is 0 Å². The lowest BCUT2D eigenvalue weighted by molar-refractivity contribution is 0.789. The molecule has 1 aromatic rings. The Morgan fingerprint density at radius 3 is 2.10 bits per heavy atom. The first-order valence-electron chi connectivity index (χ1n) is 3.23. The van der Waals surface area contributed by atoms with E-state index in [1.807, 2.05) is 12.1 Å². The van der Waals surface area contributed by atoms with Crippen molar-refractivity contribution in [2.45, 2.75) is 18.6 Å². The van der Waals surface area contributed by atoms with Crippen molar-refractivity contribution in [3.05, 3.63) is 30.1 Å². The Kier molecular flexibility index (Phi) is 2.00. The summed E-state index contributed by atoms with van der Waals surface area (Å²) in [6.07, 6.45) is 3.57. The molecule has 0 aliphatic rings. The van der Waals surface area contributed by atoms with Crippen LogP contribution in [-0.4, -0.2) is 4.98 Å². The number of hydrogen-bond donors (Lipinski definition) is 1. The van der Waals surface area contributed by atoms with Gasteiger partial charge in [-0.2, -0.15) is 12.6 Å². The predicted octanol–water partition coefficient (Wildman–Crippen LogP) is 2.25. The van der Waals surface area contributed by atoms with Crippen LogP contribution in [0.4, 0.5) is 0 Å². The van der Waals surface area contributed by atoms with Crippen LogP contribution in [0.25, 0.3) is 0 Å². The van der Waals surface area contributed by atoms with Crippen LogP contribution in [-0.2, 0) is 4.75 Å². The third kappa shape index (κ3) is 1.74. The van der Waals surface area contributed by atoms with Crippen LogP contribution in [0, 0.1) is 0 Å². The first kappa shape index (κ1) is 7.61. The van der Waals surface area contributed by atoms with E-state index in [1.165, 1.54) is 5.56 Å². The average Bonchev–Trinajstić information content (AvgIpc) is 1.88. The zero-order valence-corrected chi connectivity index (χ0v) is 7.10. The van der Waals surface area contributed by atoms with Crippen molar-refractivity contribution in [3.8, 4) is 0 Å². The van der Waals surface area contributed by atoms with Crippen LogP contribution in [0.5, 0.6) is 0 Å². The van der Waals surface area contributed by atoms with Gasteiger partial charge in [-0.05, 0) is 31.5 Å². The van der Waals surface area contributed by atoms with E-state index in [1.54, 1.807) is 12.4 Å². The summed E-state index contributed by atoms with van der Waals surface area (Å²) in [5, 5.41) is 0. The summed E-state index contributed by atoms with van der Waals surface area (Å²) in [5.74, 6) is 0. The molecule has 0 N–H and O–H groups in total. The molecule has 1 heterocycles. The second kappa shape index (κ2) is 2.62. The molecule has 0 saturated carbocycles. The van der Waals surface area contributed by atoms with Crippen molar-refractivity contribution in [1.82, 2.24) is 4.98 Å². The van der Waals surface area contributed by atoms with Crippen LogP contribution < -0.4 is 0 Å². The fourth-order valence-electron chi connectivity index (χ4n) is 0.760. The average molecular weight is 153 g/mol. The molecule has 0 saturated heterocycles. The quantitative estimate of drug-likeness (QED) is 0.610. The van der Waals surface area contributed by atoms with Crippen molar-refractivity contribution in [1.29, 1.82) is 0 Å². The number of pyridine rings is 1. The fourth-order valence-corrected chi connectivity index (χ4v) is 0.909. The van der Waals surface area contributed by atoms with Crippen molar-refractivity contribution >= 4 is 12.6 Å². The largest absolute Gasteiger partial charge is 0.265 e. The molecule has 1 aromatic heterocycles. The van der Waals surface area contributed by atoms with Crippen LogP contribution >= 0.6 is 12.6 Å². The molecule has 10 heavy (non-hydrogen) atoms. The molecule has 0 unspecified atom stereocenters. The third-order valence-electron chi connectivity index (χ3n) is 1.39. The maximum atomic E-state index is 4.42. The van der Waals surface area contributed by atoms with Gasteiger partial charge in [0.25, 0.3) is 0 Å². The molecule has 0 aromatic carbocycles. The Hall–Kier alpha value is -0.500. The lowest BCUT2D eigenvalue weighted by Crippen LogP contribution is -2.06. The SMILES string of the molecule is CC(C)(S)c1ccncc1. The molecule has 0 spiro atoms. The van der Waals surface area contributed by atoms with E-state index in [2.05, 4.69) is 31.5 Å². The summed E-state index contributed by atoms with van der Waals surface area (Å²) in [6, 6.07) is 3.96. The number of aromatic nitrogens is 1. The first-order valence-corrected chi connectivity index (χ1v) is 3.68. The van der Waals surface area contributed by atoms with Crippen LogP contribution in [0.3, 0.4) is 0 Å². The highest BCUT2D eigenvalue weighted by molar-refractivity contribution is 7.81. The second-order valence-corrected chi connectivity index (χ2v) is 3.91. The van der Waals surface area contributed by atoms with Gasteiger partial charge in [0, 0.05) is 17.1 Å². The molecule has 1 nitrogen and oxygen atoms in total. The van der Waals surface area contributed by atoms with Crippen LogP contribution in [0.15, 0.2) is 24.5 Å². The predicted molar refractivity (Wildman–Crippen MR) is 46.2 cm³/mol. The Morgan fingerprint density at radius 2 is 1.80 bits per heavy atom. The van der Waals surface area contributed by atoms with Gasteiger partial charge in [0.15, 0.2) is 0 Å². The highest BCUT2D eigenvalue weighted by Gasteiger charge is 2.12. The summed E-state index contributed by atoms with van der Waals surface area (Å²) >= 11 is 4.42. The van der Waals surface area contributed by atoms with Crippen molar-refractivity contribution in [2.24, 2.45) is 0 Å². The number of nitrogens with zero attached hydrogens (tertiary/aromatic N) is 1. The molecule has 0 fully saturated rings. The third-order valence-corrected chi connectivity index (χ3v) is 1.64. The summed E-state index contributed by atoms with van der Waals surface area (Å²) in [5.41, 5.74) is 1.20. The molecule has 0 radical (unpaired) electrons. The molecule has 2 heteroatoms. The Labute approximate surface area is 66.9 Å². The Morgan fingerprint density at radius 1 is 1.30 bits per heavy atom. The Bertz CT molecular complexity index is 200. The van der Waals surface area contributed by atoms with Gasteiger partial charge in [0.2, 0.25) is 0 Å². The molecule has 0 bridgehead atoms. The summed E-state index contributed by atoms with van der Waals surface area (Å²) in [6.45, 7) is 4.12.